The molecule has 0 aromatic heterocycles. The number of nitrogens with zero attached hydrogens (tertiary/aromatic N) is 1. The number of carbonyl (C=O) groups is 1. The summed E-state index contributed by atoms with van der Waals surface area (Å²) in [5.74, 6) is 0. The number of likely N-dealkylation sites (tertiary alicyclic amines) is 1. The standard InChI is InChI=1S/C14H26N2O2/c1-14(2,3)18-13(17)15-11-5-7-12(8-6-11)16-9-4-10-16/h11-12H,4-10H2,1-3H3,(H,15,17)/t11-,12-. The fourth-order valence-electron chi connectivity index (χ4n) is 2.77. The fraction of sp³-hybridized carbons (Fsp3) is 0.929. The lowest BCUT2D eigenvalue weighted by Crippen LogP contribution is -2.49. The van der Waals surface area contributed by atoms with Crippen molar-refractivity contribution in [2.24, 2.45) is 0 Å². The molecule has 104 valence electrons. The van der Waals surface area contributed by atoms with Gasteiger partial charge in [0.25, 0.3) is 0 Å². The van der Waals surface area contributed by atoms with Gasteiger partial charge in [-0.3, -0.25) is 0 Å². The minimum absolute atomic E-state index is 0.269. The smallest absolute Gasteiger partial charge is 0.407 e. The summed E-state index contributed by atoms with van der Waals surface area (Å²) in [7, 11) is 0. The zero-order valence-corrected chi connectivity index (χ0v) is 11.9. The van der Waals surface area contributed by atoms with Gasteiger partial charge in [0.15, 0.2) is 0 Å². The molecule has 0 radical (unpaired) electrons. The van der Waals surface area contributed by atoms with Crippen LogP contribution in [-0.4, -0.2) is 41.8 Å². The molecule has 1 heterocycles. The quantitative estimate of drug-likeness (QED) is 0.823. The number of amides is 1. The summed E-state index contributed by atoms with van der Waals surface area (Å²) < 4.78 is 5.29. The first-order valence-electron chi connectivity index (χ1n) is 7.17. The Bertz CT molecular complexity index is 287. The molecule has 4 heteroatoms. The van der Waals surface area contributed by atoms with Crippen molar-refractivity contribution in [2.75, 3.05) is 13.1 Å². The van der Waals surface area contributed by atoms with Gasteiger partial charge in [0.05, 0.1) is 0 Å². The van der Waals surface area contributed by atoms with Crippen molar-refractivity contribution in [1.82, 2.24) is 10.2 Å². The van der Waals surface area contributed by atoms with Gasteiger partial charge in [-0.15, -0.1) is 0 Å². The molecule has 0 atom stereocenters. The molecule has 4 nitrogen and oxygen atoms in total. The number of ether oxygens (including phenoxy) is 1. The molecule has 0 spiro atoms. The highest BCUT2D eigenvalue weighted by atomic mass is 16.6. The number of nitrogens with one attached hydrogen (secondary N) is 1. The Morgan fingerprint density at radius 1 is 1.17 bits per heavy atom. The van der Waals surface area contributed by atoms with Crippen LogP contribution in [0.5, 0.6) is 0 Å². The van der Waals surface area contributed by atoms with Crippen molar-refractivity contribution >= 4 is 6.09 Å². The van der Waals surface area contributed by atoms with E-state index in [0.29, 0.717) is 6.04 Å². The Morgan fingerprint density at radius 3 is 2.22 bits per heavy atom. The molecule has 1 N–H and O–H groups in total. The lowest BCUT2D eigenvalue weighted by Gasteiger charge is -2.42. The van der Waals surface area contributed by atoms with Crippen LogP contribution < -0.4 is 5.32 Å². The molecular formula is C14H26N2O2. The Morgan fingerprint density at radius 2 is 1.78 bits per heavy atom. The van der Waals surface area contributed by atoms with Gasteiger partial charge >= 0.3 is 6.09 Å². The van der Waals surface area contributed by atoms with E-state index in [4.69, 9.17) is 4.74 Å². The van der Waals surface area contributed by atoms with Gasteiger partial charge in [0, 0.05) is 12.1 Å². The Labute approximate surface area is 110 Å². The van der Waals surface area contributed by atoms with Crippen LogP contribution in [0.25, 0.3) is 0 Å². The van der Waals surface area contributed by atoms with Crippen LogP contribution in [0.4, 0.5) is 4.79 Å². The van der Waals surface area contributed by atoms with Gasteiger partial charge in [-0.25, -0.2) is 4.79 Å². The van der Waals surface area contributed by atoms with E-state index in [9.17, 15) is 4.79 Å². The molecule has 0 bridgehead atoms. The van der Waals surface area contributed by atoms with Crippen molar-refractivity contribution in [1.29, 1.82) is 0 Å². The summed E-state index contributed by atoms with van der Waals surface area (Å²) in [5, 5.41) is 2.99. The van der Waals surface area contributed by atoms with Crippen LogP contribution in [-0.2, 0) is 4.74 Å². The molecule has 0 aromatic rings. The minimum atomic E-state index is -0.404. The molecular weight excluding hydrogens is 228 g/mol. The van der Waals surface area contributed by atoms with E-state index in [-0.39, 0.29) is 6.09 Å². The van der Waals surface area contributed by atoms with Crippen LogP contribution in [0.1, 0.15) is 52.9 Å². The predicted octanol–water partition coefficient (Wildman–Crippen LogP) is 2.53. The molecule has 2 rings (SSSR count). The molecule has 0 aromatic carbocycles. The number of carbonyl (C=O) groups excluding carboxylic acids is 1. The zero-order valence-electron chi connectivity index (χ0n) is 11.9. The highest BCUT2D eigenvalue weighted by Gasteiger charge is 2.29. The molecule has 1 saturated carbocycles. The van der Waals surface area contributed by atoms with E-state index in [2.05, 4.69) is 10.2 Å². The molecule has 1 aliphatic carbocycles. The van der Waals surface area contributed by atoms with Gasteiger partial charge in [-0.2, -0.15) is 0 Å². The van der Waals surface area contributed by atoms with Crippen molar-refractivity contribution < 1.29 is 9.53 Å². The molecule has 18 heavy (non-hydrogen) atoms. The third-order valence-corrected chi connectivity index (χ3v) is 3.82. The molecule has 1 aliphatic heterocycles. The first-order chi connectivity index (χ1) is 8.44. The summed E-state index contributed by atoms with van der Waals surface area (Å²) >= 11 is 0. The third kappa shape index (κ3) is 3.87. The topological polar surface area (TPSA) is 41.6 Å². The number of rotatable bonds is 2. The largest absolute Gasteiger partial charge is 0.444 e. The van der Waals surface area contributed by atoms with Crippen LogP contribution in [0.3, 0.4) is 0 Å². The third-order valence-electron chi connectivity index (χ3n) is 3.82. The summed E-state index contributed by atoms with van der Waals surface area (Å²) in [4.78, 5) is 14.2. The summed E-state index contributed by atoms with van der Waals surface area (Å²) in [5.41, 5.74) is -0.404. The normalized spacial score (nSPS) is 29.5. The second kappa shape index (κ2) is 5.47. The van der Waals surface area contributed by atoms with E-state index >= 15 is 0 Å². The van der Waals surface area contributed by atoms with E-state index < -0.39 is 5.60 Å². The second-order valence-electron chi connectivity index (χ2n) is 6.54. The van der Waals surface area contributed by atoms with Crippen LogP contribution in [0.2, 0.25) is 0 Å². The van der Waals surface area contributed by atoms with Crippen molar-refractivity contribution in [2.45, 2.75) is 70.6 Å². The SMILES string of the molecule is CC(C)(C)OC(=O)N[C@H]1CC[C@H](N2CCC2)CC1. The van der Waals surface area contributed by atoms with Gasteiger partial charge < -0.3 is 15.0 Å². The van der Waals surface area contributed by atoms with E-state index in [1.807, 2.05) is 20.8 Å². The maximum absolute atomic E-state index is 11.7. The zero-order chi connectivity index (χ0) is 13.2. The first-order valence-corrected chi connectivity index (χ1v) is 7.17. The Balaban J connectivity index is 1.68. The highest BCUT2D eigenvalue weighted by Crippen LogP contribution is 2.26. The van der Waals surface area contributed by atoms with E-state index in [1.165, 1.54) is 32.4 Å². The maximum atomic E-state index is 11.7. The maximum Gasteiger partial charge on any atom is 0.407 e. The summed E-state index contributed by atoms with van der Waals surface area (Å²) in [6.45, 7) is 8.23. The lowest BCUT2D eigenvalue weighted by atomic mass is 9.89. The van der Waals surface area contributed by atoms with E-state index in [1.54, 1.807) is 0 Å². The lowest BCUT2D eigenvalue weighted by molar-refractivity contribution is 0.0452. The number of hydrogen-bond donors (Lipinski definition) is 1. The molecule has 1 amide bonds. The fourth-order valence-corrected chi connectivity index (χ4v) is 2.77. The van der Waals surface area contributed by atoms with Gasteiger partial charge in [-0.1, -0.05) is 0 Å². The monoisotopic (exact) mass is 254 g/mol. The van der Waals surface area contributed by atoms with Crippen LogP contribution in [0.15, 0.2) is 0 Å². The molecule has 2 aliphatic rings. The predicted molar refractivity (Wildman–Crippen MR) is 71.6 cm³/mol. The van der Waals surface area contributed by atoms with Crippen molar-refractivity contribution in [3.05, 3.63) is 0 Å². The average molecular weight is 254 g/mol. The van der Waals surface area contributed by atoms with Crippen molar-refractivity contribution in [3.63, 3.8) is 0 Å². The molecule has 1 saturated heterocycles. The number of alkyl carbamates (subject to hydrolysis) is 1. The first kappa shape index (κ1) is 13.7. The van der Waals surface area contributed by atoms with Crippen molar-refractivity contribution in [3.8, 4) is 0 Å². The average Bonchev–Trinajstić information content (AvgIpc) is 2.15. The molecule has 0 unspecified atom stereocenters. The van der Waals surface area contributed by atoms with Gasteiger partial charge in [-0.05, 0) is 66.0 Å². The van der Waals surface area contributed by atoms with E-state index in [0.717, 1.165) is 18.9 Å². The van der Waals surface area contributed by atoms with Crippen LogP contribution >= 0.6 is 0 Å². The van der Waals surface area contributed by atoms with Gasteiger partial charge in [0.1, 0.15) is 5.60 Å². The Kier molecular flexibility index (Phi) is 4.15. The minimum Gasteiger partial charge on any atom is -0.444 e. The summed E-state index contributed by atoms with van der Waals surface area (Å²) in [6.07, 6.45) is 5.67. The Hall–Kier alpha value is -0.770. The second-order valence-corrected chi connectivity index (χ2v) is 6.54. The van der Waals surface area contributed by atoms with Gasteiger partial charge in [0.2, 0.25) is 0 Å². The van der Waals surface area contributed by atoms with Crippen LogP contribution in [0, 0.1) is 0 Å². The number of hydrogen-bond acceptors (Lipinski definition) is 3. The summed E-state index contributed by atoms with van der Waals surface area (Å²) in [6, 6.07) is 1.06. The highest BCUT2D eigenvalue weighted by molar-refractivity contribution is 5.68. The molecule has 2 fully saturated rings.